The van der Waals surface area contributed by atoms with Crippen molar-refractivity contribution < 1.29 is 9.21 Å². The molecule has 3 heterocycles. The quantitative estimate of drug-likeness (QED) is 0.669. The molecule has 0 aliphatic carbocycles. The SMILES string of the molecule is O=C(c1cc2ccccc2s1)N1CCS[C@@H](c2ccco2)CC1. The van der Waals surface area contributed by atoms with Crippen molar-refractivity contribution in [2.45, 2.75) is 11.7 Å². The Labute approximate surface area is 143 Å². The highest BCUT2D eigenvalue weighted by molar-refractivity contribution is 7.99. The number of hydrogen-bond acceptors (Lipinski definition) is 4. The number of thioether (sulfide) groups is 1. The molecule has 2 aromatic heterocycles. The first-order chi connectivity index (χ1) is 11.3. The van der Waals surface area contributed by atoms with Gasteiger partial charge in [-0.05, 0) is 36.1 Å². The van der Waals surface area contributed by atoms with Crippen LogP contribution < -0.4 is 0 Å². The Morgan fingerprint density at radius 1 is 1.17 bits per heavy atom. The van der Waals surface area contributed by atoms with Gasteiger partial charge >= 0.3 is 0 Å². The zero-order valence-corrected chi connectivity index (χ0v) is 14.2. The average Bonchev–Trinajstić information content (AvgIpc) is 3.19. The lowest BCUT2D eigenvalue weighted by Gasteiger charge is -2.19. The molecule has 0 radical (unpaired) electrons. The zero-order valence-electron chi connectivity index (χ0n) is 12.6. The number of hydrogen-bond donors (Lipinski definition) is 0. The van der Waals surface area contributed by atoms with Gasteiger partial charge in [-0.1, -0.05) is 18.2 Å². The van der Waals surface area contributed by atoms with Crippen molar-refractivity contribution in [3.8, 4) is 0 Å². The maximum atomic E-state index is 12.8. The number of furan rings is 1. The highest BCUT2D eigenvalue weighted by Crippen LogP contribution is 2.35. The molecular weight excluding hydrogens is 326 g/mol. The highest BCUT2D eigenvalue weighted by atomic mass is 32.2. The number of thiophene rings is 1. The van der Waals surface area contributed by atoms with Crippen molar-refractivity contribution in [1.29, 1.82) is 0 Å². The molecule has 4 rings (SSSR count). The van der Waals surface area contributed by atoms with Crippen LogP contribution in [0.3, 0.4) is 0 Å². The average molecular weight is 343 g/mol. The van der Waals surface area contributed by atoms with Crippen LogP contribution in [0.4, 0.5) is 0 Å². The fraction of sp³-hybridized carbons (Fsp3) is 0.278. The third-order valence-corrected chi connectivity index (χ3v) is 6.52. The normalized spacial score (nSPS) is 19.0. The molecule has 23 heavy (non-hydrogen) atoms. The number of carbonyl (C=O) groups is 1. The third-order valence-electron chi connectivity index (χ3n) is 4.13. The van der Waals surface area contributed by atoms with Gasteiger partial charge in [-0.3, -0.25) is 4.79 Å². The number of carbonyl (C=O) groups excluding carboxylic acids is 1. The molecule has 3 aromatic rings. The number of amides is 1. The Hall–Kier alpha value is -1.72. The van der Waals surface area contributed by atoms with Gasteiger partial charge in [0.15, 0.2) is 0 Å². The minimum Gasteiger partial charge on any atom is -0.468 e. The van der Waals surface area contributed by atoms with Gasteiger partial charge in [0.25, 0.3) is 5.91 Å². The van der Waals surface area contributed by atoms with E-state index in [1.807, 2.05) is 47.0 Å². The zero-order chi connectivity index (χ0) is 15.6. The summed E-state index contributed by atoms with van der Waals surface area (Å²) in [6.45, 7) is 1.58. The largest absolute Gasteiger partial charge is 0.468 e. The van der Waals surface area contributed by atoms with Gasteiger partial charge < -0.3 is 9.32 Å². The van der Waals surface area contributed by atoms with Gasteiger partial charge in [0.2, 0.25) is 0 Å². The van der Waals surface area contributed by atoms with Crippen molar-refractivity contribution in [1.82, 2.24) is 4.90 Å². The third kappa shape index (κ3) is 3.03. The molecule has 1 aliphatic rings. The van der Waals surface area contributed by atoms with Crippen LogP contribution in [-0.4, -0.2) is 29.6 Å². The maximum Gasteiger partial charge on any atom is 0.263 e. The second-order valence-electron chi connectivity index (χ2n) is 5.60. The fourth-order valence-electron chi connectivity index (χ4n) is 2.92. The summed E-state index contributed by atoms with van der Waals surface area (Å²) in [6, 6.07) is 14.1. The van der Waals surface area contributed by atoms with Crippen molar-refractivity contribution in [3.63, 3.8) is 0 Å². The minimum atomic E-state index is 0.159. The molecule has 1 saturated heterocycles. The van der Waals surface area contributed by atoms with Gasteiger partial charge in [0, 0.05) is 23.5 Å². The van der Waals surface area contributed by atoms with Crippen molar-refractivity contribution in [2.75, 3.05) is 18.8 Å². The van der Waals surface area contributed by atoms with E-state index in [1.165, 1.54) is 4.70 Å². The Balaban J connectivity index is 1.50. The van der Waals surface area contributed by atoms with Crippen LogP contribution in [0.5, 0.6) is 0 Å². The molecule has 118 valence electrons. The Bertz CT molecular complexity index is 776. The van der Waals surface area contributed by atoms with Gasteiger partial charge in [0.05, 0.1) is 16.4 Å². The molecule has 0 unspecified atom stereocenters. The van der Waals surface area contributed by atoms with E-state index in [0.717, 1.165) is 41.3 Å². The van der Waals surface area contributed by atoms with Crippen LogP contribution in [0.25, 0.3) is 10.1 Å². The Morgan fingerprint density at radius 3 is 2.91 bits per heavy atom. The Kier molecular flexibility index (Phi) is 4.14. The number of rotatable bonds is 2. The molecule has 0 bridgehead atoms. The van der Waals surface area contributed by atoms with Crippen LogP contribution in [0, 0.1) is 0 Å². The highest BCUT2D eigenvalue weighted by Gasteiger charge is 2.25. The monoisotopic (exact) mass is 343 g/mol. The lowest BCUT2D eigenvalue weighted by molar-refractivity contribution is 0.0771. The van der Waals surface area contributed by atoms with E-state index in [2.05, 4.69) is 12.1 Å². The fourth-order valence-corrected chi connectivity index (χ4v) is 5.13. The second-order valence-corrected chi connectivity index (χ2v) is 8.00. The molecule has 1 aromatic carbocycles. The van der Waals surface area contributed by atoms with E-state index in [-0.39, 0.29) is 5.91 Å². The van der Waals surface area contributed by atoms with Crippen LogP contribution in [-0.2, 0) is 0 Å². The van der Waals surface area contributed by atoms with E-state index in [9.17, 15) is 4.79 Å². The molecule has 0 saturated carbocycles. The molecule has 1 fully saturated rings. The summed E-state index contributed by atoms with van der Waals surface area (Å²) in [5.41, 5.74) is 0. The first kappa shape index (κ1) is 14.8. The lowest BCUT2D eigenvalue weighted by Crippen LogP contribution is -2.32. The lowest BCUT2D eigenvalue weighted by atomic mass is 10.2. The Morgan fingerprint density at radius 2 is 2.09 bits per heavy atom. The predicted octanol–water partition coefficient (Wildman–Crippen LogP) is 4.81. The summed E-state index contributed by atoms with van der Waals surface area (Å²) >= 11 is 3.47. The van der Waals surface area contributed by atoms with Crippen LogP contribution in [0.15, 0.2) is 53.1 Å². The topological polar surface area (TPSA) is 33.5 Å². The molecule has 0 N–H and O–H groups in total. The van der Waals surface area contributed by atoms with Crippen LogP contribution in [0.1, 0.15) is 27.1 Å². The van der Waals surface area contributed by atoms with Gasteiger partial charge in [0.1, 0.15) is 5.76 Å². The molecule has 5 heteroatoms. The van der Waals surface area contributed by atoms with E-state index >= 15 is 0 Å². The summed E-state index contributed by atoms with van der Waals surface area (Å²) in [5, 5.41) is 1.50. The molecule has 1 amide bonds. The summed E-state index contributed by atoms with van der Waals surface area (Å²) in [6.07, 6.45) is 2.66. The summed E-state index contributed by atoms with van der Waals surface area (Å²) in [7, 11) is 0. The van der Waals surface area contributed by atoms with Gasteiger partial charge in [-0.2, -0.15) is 0 Å². The van der Waals surface area contributed by atoms with E-state index in [4.69, 9.17) is 4.42 Å². The van der Waals surface area contributed by atoms with E-state index in [0.29, 0.717) is 5.25 Å². The summed E-state index contributed by atoms with van der Waals surface area (Å²) < 4.78 is 6.70. The molecule has 1 atom stereocenters. The smallest absolute Gasteiger partial charge is 0.263 e. The standard InChI is InChI=1S/C18H17NO2S2/c20-18(17-12-13-4-1-2-6-15(13)23-17)19-8-7-16(22-11-9-19)14-5-3-10-21-14/h1-6,10,12,16H,7-9,11H2/t16-/m1/s1. The van der Waals surface area contributed by atoms with Crippen LogP contribution in [0.2, 0.25) is 0 Å². The number of benzene rings is 1. The maximum absolute atomic E-state index is 12.8. The second kappa shape index (κ2) is 6.42. The van der Waals surface area contributed by atoms with Crippen molar-refractivity contribution >= 4 is 39.1 Å². The van der Waals surface area contributed by atoms with Crippen molar-refractivity contribution in [3.05, 3.63) is 59.4 Å². The van der Waals surface area contributed by atoms with Gasteiger partial charge in [-0.15, -0.1) is 23.1 Å². The molecule has 0 spiro atoms. The van der Waals surface area contributed by atoms with E-state index in [1.54, 1.807) is 17.6 Å². The number of nitrogens with zero attached hydrogens (tertiary/aromatic N) is 1. The molecule has 1 aliphatic heterocycles. The minimum absolute atomic E-state index is 0.159. The molecular formula is C18H17NO2S2. The summed E-state index contributed by atoms with van der Waals surface area (Å²) in [5.74, 6) is 2.13. The summed E-state index contributed by atoms with van der Waals surface area (Å²) in [4.78, 5) is 15.6. The van der Waals surface area contributed by atoms with Crippen molar-refractivity contribution in [2.24, 2.45) is 0 Å². The van der Waals surface area contributed by atoms with E-state index < -0.39 is 0 Å². The van der Waals surface area contributed by atoms with Gasteiger partial charge in [-0.25, -0.2) is 0 Å². The number of fused-ring (bicyclic) bond motifs is 1. The first-order valence-electron chi connectivity index (χ1n) is 7.74. The first-order valence-corrected chi connectivity index (χ1v) is 9.60. The molecule has 3 nitrogen and oxygen atoms in total. The van der Waals surface area contributed by atoms with Crippen LogP contribution >= 0.6 is 23.1 Å². The predicted molar refractivity (Wildman–Crippen MR) is 96.3 cm³/mol.